The van der Waals surface area contributed by atoms with Crippen LogP contribution in [0.5, 0.6) is 0 Å². The average molecular weight is 478 g/mol. The van der Waals surface area contributed by atoms with Crippen LogP contribution >= 0.6 is 0 Å². The molecule has 0 fully saturated rings. The van der Waals surface area contributed by atoms with Crippen molar-refractivity contribution in [2.45, 2.75) is 6.92 Å². The third kappa shape index (κ3) is 105. The van der Waals surface area contributed by atoms with Crippen molar-refractivity contribution in [3.8, 4) is 0 Å². The van der Waals surface area contributed by atoms with Gasteiger partial charge in [-0.05, 0) is 0 Å². The maximum Gasteiger partial charge on any atom is 3.00 e. The van der Waals surface area contributed by atoms with Gasteiger partial charge in [-0.25, -0.2) is 37.3 Å². The van der Waals surface area contributed by atoms with Gasteiger partial charge in [0.25, 0.3) is 0 Å². The molecule has 1 amide bonds. The fraction of sp³-hybridized carbons (Fsp3) is 0.875. The summed E-state index contributed by atoms with van der Waals surface area (Å²) in [5, 5.41) is 9.03. The van der Waals surface area contributed by atoms with Crippen molar-refractivity contribution in [2.24, 2.45) is 17.2 Å². The van der Waals surface area contributed by atoms with Gasteiger partial charge >= 0.3 is 16.8 Å². The van der Waals surface area contributed by atoms with E-state index in [0.717, 1.165) is 32.0 Å². The number of carbonyl (C=O) groups is 1. The Balaban J connectivity index is -0.0000000794. The van der Waals surface area contributed by atoms with Crippen LogP contribution in [0.3, 0.4) is 0 Å². The normalized spacial score (nSPS) is 10.1. The number of nitrogens with two attached hydrogens (primary N) is 3. The Labute approximate surface area is 164 Å². The van der Waals surface area contributed by atoms with Crippen molar-refractivity contribution >= 4 is 5.91 Å². The average Bonchev–Trinajstić information content (AvgIpc) is 2.36. The van der Waals surface area contributed by atoms with Gasteiger partial charge in [0.05, 0.1) is 0 Å². The summed E-state index contributed by atoms with van der Waals surface area (Å²) < 4.78 is 67.9. The van der Waals surface area contributed by atoms with Gasteiger partial charge in [-0.3, -0.25) is 9.69 Å². The van der Waals surface area contributed by atoms with E-state index in [2.05, 4.69) is 4.90 Å². The molecule has 26 heavy (non-hydrogen) atoms. The predicted molar refractivity (Wildman–Crippen MR) is 60.8 cm³/mol. The van der Waals surface area contributed by atoms with Crippen LogP contribution in [0.4, 0.5) is 0 Å². The Morgan fingerprint density at radius 1 is 0.808 bits per heavy atom. The second kappa shape index (κ2) is 23.1. The molecule has 0 heterocycles. The van der Waals surface area contributed by atoms with E-state index >= 15 is 0 Å². The molecule has 0 aliphatic heterocycles. The van der Waals surface area contributed by atoms with Crippen molar-refractivity contribution in [3.63, 3.8) is 0 Å². The number of rotatable bonds is 6. The van der Waals surface area contributed by atoms with E-state index in [0.29, 0.717) is 19.6 Å². The van der Waals surface area contributed by atoms with E-state index in [1.165, 1.54) is 0 Å². The molecular formula is C8H22Cl2CoN5O10. The third-order valence-electron chi connectivity index (χ3n) is 1.48. The summed E-state index contributed by atoms with van der Waals surface area (Å²) in [6, 6.07) is 0. The van der Waals surface area contributed by atoms with E-state index in [-0.39, 0.29) is 16.8 Å². The third-order valence-corrected chi connectivity index (χ3v) is 1.48. The van der Waals surface area contributed by atoms with Gasteiger partial charge in [-0.15, -0.1) is 20.5 Å². The van der Waals surface area contributed by atoms with E-state index in [1.807, 2.05) is 0 Å². The smallest absolute Gasteiger partial charge is 0.759 e. The molecule has 162 valence electrons. The van der Waals surface area contributed by atoms with Crippen LogP contribution in [0.15, 0.2) is 0 Å². The molecular weight excluding hydrogens is 456 g/mol. The standard InChI is InChI=1S/C6H18N4.C2H4NO2.2ClHO4.Co/c7-1-4-10(5-2-8)6-3-9;1-2(4)3-5;2*2-1(3,4)5;/h1-9H2;1H3,(H-,3,4,5);2*(H,2,3,4,5);/q;-1;;;+3/p-2. The second-order valence-corrected chi connectivity index (χ2v) is 5.13. The van der Waals surface area contributed by atoms with Gasteiger partial charge in [-0.2, -0.15) is 0 Å². The van der Waals surface area contributed by atoms with Crippen molar-refractivity contribution in [1.82, 2.24) is 10.4 Å². The molecule has 0 atom stereocenters. The summed E-state index contributed by atoms with van der Waals surface area (Å²) in [6.07, 6.45) is 0. The molecule has 0 aromatic carbocycles. The molecule has 0 saturated carbocycles. The first-order valence-corrected chi connectivity index (χ1v) is 8.53. The van der Waals surface area contributed by atoms with E-state index in [9.17, 15) is 4.79 Å². The molecule has 0 bridgehead atoms. The molecule has 0 unspecified atom stereocenters. The summed E-state index contributed by atoms with van der Waals surface area (Å²) >= 11 is 0. The summed E-state index contributed by atoms with van der Waals surface area (Å²) in [6.45, 7) is 5.89. The monoisotopic (exact) mass is 477 g/mol. The Hall–Kier alpha value is 0.0365. The number of carbonyl (C=O) groups excluding carboxylic acids is 1. The van der Waals surface area contributed by atoms with E-state index in [4.69, 9.17) is 59.7 Å². The zero-order valence-electron chi connectivity index (χ0n) is 13.6. The van der Waals surface area contributed by atoms with Crippen molar-refractivity contribution in [3.05, 3.63) is 5.21 Å². The summed E-state index contributed by atoms with van der Waals surface area (Å²) in [7, 11) is -9.89. The van der Waals surface area contributed by atoms with Crippen molar-refractivity contribution in [1.29, 1.82) is 0 Å². The largest absolute Gasteiger partial charge is 3.00 e. The first-order chi connectivity index (χ1) is 11.1. The minimum atomic E-state index is -4.94. The van der Waals surface area contributed by atoms with E-state index in [1.54, 1.807) is 0 Å². The quantitative estimate of drug-likeness (QED) is 0.258. The molecule has 0 aromatic heterocycles. The molecule has 0 aromatic rings. The topological polar surface area (TPSA) is 318 Å². The minimum absolute atomic E-state index is 0. The van der Waals surface area contributed by atoms with Crippen LogP contribution in [0.25, 0.3) is 0 Å². The van der Waals surface area contributed by atoms with Crippen LogP contribution in [-0.2, 0) is 21.6 Å². The summed E-state index contributed by atoms with van der Waals surface area (Å²) in [5.74, 6) is -0.551. The molecule has 0 aliphatic rings. The summed E-state index contributed by atoms with van der Waals surface area (Å²) in [4.78, 5) is 11.6. The number of amides is 1. The number of hydrogen-bond donors (Lipinski definition) is 4. The zero-order valence-corrected chi connectivity index (χ0v) is 16.1. The maximum atomic E-state index is 9.39. The Morgan fingerprint density at radius 3 is 1.04 bits per heavy atom. The number of nitrogens with one attached hydrogen (secondary N) is 1. The molecule has 7 N–H and O–H groups in total. The van der Waals surface area contributed by atoms with Gasteiger partial charge in [0, 0.05) is 46.2 Å². The second-order valence-electron chi connectivity index (χ2n) is 3.62. The molecule has 0 radical (unpaired) electrons. The zero-order chi connectivity index (χ0) is 21.1. The van der Waals surface area contributed by atoms with Gasteiger partial charge in [0.15, 0.2) is 0 Å². The van der Waals surface area contributed by atoms with E-state index < -0.39 is 26.4 Å². The van der Waals surface area contributed by atoms with Gasteiger partial charge in [0.1, 0.15) is 0 Å². The molecule has 0 saturated heterocycles. The fourth-order valence-corrected chi connectivity index (χ4v) is 0.883. The SMILES string of the molecule is CC(=O)N[O-].NCCN(CCN)CCN.[Co+3].[O-][Cl+3]([O-])([O-])[O-].[O-][Cl+3]([O-])([O-])[O-]. The first-order valence-electron chi connectivity index (χ1n) is 6.07. The number of nitrogens with zero attached hydrogens (tertiary/aromatic N) is 1. The van der Waals surface area contributed by atoms with Crippen LogP contribution in [-0.4, -0.2) is 50.1 Å². The number of halogens is 2. The fourth-order valence-electron chi connectivity index (χ4n) is 0.883. The van der Waals surface area contributed by atoms with Gasteiger partial charge in [0.2, 0.25) is 5.91 Å². The number of hydrogen-bond acceptors (Lipinski definition) is 14. The van der Waals surface area contributed by atoms with Gasteiger partial charge < -0.3 is 27.9 Å². The Kier molecular flexibility index (Phi) is 32.7. The van der Waals surface area contributed by atoms with Crippen molar-refractivity contribution in [2.75, 3.05) is 39.3 Å². The Morgan fingerprint density at radius 2 is 0.962 bits per heavy atom. The van der Waals surface area contributed by atoms with Crippen LogP contribution in [0.1, 0.15) is 6.92 Å². The molecule has 15 nitrogen and oxygen atoms in total. The minimum Gasteiger partial charge on any atom is -0.759 e. The van der Waals surface area contributed by atoms with Crippen LogP contribution in [0.2, 0.25) is 0 Å². The van der Waals surface area contributed by atoms with Crippen LogP contribution in [0, 0.1) is 25.7 Å². The van der Waals surface area contributed by atoms with Crippen molar-refractivity contribution < 1.29 is 79.3 Å². The first kappa shape index (κ1) is 36.9. The van der Waals surface area contributed by atoms with Gasteiger partial charge in [-0.1, -0.05) is 0 Å². The predicted octanol–water partition coefficient (Wildman–Crippen LogP) is -11.7. The molecule has 0 spiro atoms. The molecule has 18 heteroatoms. The molecule has 0 aliphatic carbocycles. The number of hydroxylamine groups is 1. The molecule has 0 rings (SSSR count). The Bertz CT molecular complexity index is 259. The summed E-state index contributed by atoms with van der Waals surface area (Å²) in [5.41, 5.74) is 17.2. The van der Waals surface area contributed by atoms with Crippen LogP contribution < -0.4 is 60.0 Å². The maximum absolute atomic E-state index is 9.39.